The maximum atomic E-state index is 13.6. The van der Waals surface area contributed by atoms with Gasteiger partial charge in [-0.1, -0.05) is 12.5 Å². The van der Waals surface area contributed by atoms with E-state index >= 15 is 0 Å². The molecule has 2 saturated heterocycles. The summed E-state index contributed by atoms with van der Waals surface area (Å²) in [5.74, 6) is -0.439. The van der Waals surface area contributed by atoms with Gasteiger partial charge in [0, 0.05) is 18.6 Å². The minimum atomic E-state index is -0.439. The lowest BCUT2D eigenvalue weighted by Gasteiger charge is -2.33. The van der Waals surface area contributed by atoms with Crippen molar-refractivity contribution in [2.45, 2.75) is 37.8 Å². The number of anilines is 1. The van der Waals surface area contributed by atoms with Crippen molar-refractivity contribution in [3.05, 3.63) is 29.6 Å². The number of nitrogens with one attached hydrogen (secondary N) is 1. The minimum absolute atomic E-state index is 0.136. The molecule has 1 aromatic rings. The molecule has 0 saturated carbocycles. The fourth-order valence-electron chi connectivity index (χ4n) is 3.37. The highest BCUT2D eigenvalue weighted by Crippen LogP contribution is 2.30. The second-order valence-electron chi connectivity index (χ2n) is 5.41. The van der Waals surface area contributed by atoms with Gasteiger partial charge in [0.2, 0.25) is 0 Å². The van der Waals surface area contributed by atoms with Crippen molar-refractivity contribution in [2.24, 2.45) is 0 Å². The van der Waals surface area contributed by atoms with Crippen molar-refractivity contribution in [1.82, 2.24) is 4.90 Å². The van der Waals surface area contributed by atoms with Gasteiger partial charge in [-0.2, -0.15) is 5.26 Å². The Morgan fingerprint density at radius 2 is 2.16 bits per heavy atom. The molecule has 4 heteroatoms. The molecule has 100 valence electrons. The SMILES string of the molecule is N#Cc1c(F)cccc1NC1CCN2CCCCC12. The molecule has 0 aliphatic carbocycles. The summed E-state index contributed by atoms with van der Waals surface area (Å²) >= 11 is 0. The summed E-state index contributed by atoms with van der Waals surface area (Å²) in [6.07, 6.45) is 4.83. The molecule has 3 rings (SSSR count). The molecule has 1 N–H and O–H groups in total. The molecule has 0 bridgehead atoms. The molecule has 0 aromatic heterocycles. The molecule has 0 radical (unpaired) electrons. The average Bonchev–Trinajstić information content (AvgIpc) is 2.83. The van der Waals surface area contributed by atoms with Gasteiger partial charge in [0.1, 0.15) is 17.4 Å². The molecule has 2 unspecified atom stereocenters. The van der Waals surface area contributed by atoms with E-state index in [9.17, 15) is 4.39 Å². The zero-order valence-corrected chi connectivity index (χ0v) is 10.9. The van der Waals surface area contributed by atoms with Gasteiger partial charge in [0.25, 0.3) is 0 Å². The fourth-order valence-corrected chi connectivity index (χ4v) is 3.37. The molecule has 2 fully saturated rings. The van der Waals surface area contributed by atoms with Crippen molar-refractivity contribution in [3.8, 4) is 6.07 Å². The molecular formula is C15H18FN3. The maximum Gasteiger partial charge on any atom is 0.143 e. The zero-order chi connectivity index (χ0) is 13.2. The molecule has 2 aliphatic rings. The predicted molar refractivity (Wildman–Crippen MR) is 72.4 cm³/mol. The van der Waals surface area contributed by atoms with Crippen molar-refractivity contribution < 1.29 is 4.39 Å². The number of benzene rings is 1. The first-order valence-corrected chi connectivity index (χ1v) is 6.99. The molecule has 2 aliphatic heterocycles. The third kappa shape index (κ3) is 2.31. The second kappa shape index (κ2) is 5.18. The van der Waals surface area contributed by atoms with E-state index in [0.717, 1.165) is 13.0 Å². The monoisotopic (exact) mass is 259 g/mol. The molecule has 2 atom stereocenters. The highest BCUT2D eigenvalue weighted by molar-refractivity contribution is 5.58. The van der Waals surface area contributed by atoms with E-state index in [-0.39, 0.29) is 5.56 Å². The standard InChI is InChI=1S/C15H18FN3/c16-12-4-3-5-13(11(12)10-17)18-14-7-9-19-8-2-1-6-15(14)19/h3-5,14-15,18H,1-2,6-9H2. The molecule has 19 heavy (non-hydrogen) atoms. The van der Waals surface area contributed by atoms with E-state index in [2.05, 4.69) is 10.2 Å². The topological polar surface area (TPSA) is 39.1 Å². The Kier molecular flexibility index (Phi) is 3.39. The summed E-state index contributed by atoms with van der Waals surface area (Å²) in [5.41, 5.74) is 0.775. The van der Waals surface area contributed by atoms with Gasteiger partial charge in [-0.25, -0.2) is 4.39 Å². The minimum Gasteiger partial charge on any atom is -0.380 e. The van der Waals surface area contributed by atoms with E-state index in [1.54, 1.807) is 12.1 Å². The Bertz CT molecular complexity index is 509. The third-order valence-electron chi connectivity index (χ3n) is 4.32. The smallest absolute Gasteiger partial charge is 0.143 e. The summed E-state index contributed by atoms with van der Waals surface area (Å²) in [6, 6.07) is 7.64. The van der Waals surface area contributed by atoms with Crippen LogP contribution in [-0.4, -0.2) is 30.1 Å². The highest BCUT2D eigenvalue weighted by Gasteiger charge is 2.35. The normalized spacial score (nSPS) is 26.7. The van der Waals surface area contributed by atoms with Crippen LogP contribution in [-0.2, 0) is 0 Å². The lowest BCUT2D eigenvalue weighted by molar-refractivity contribution is 0.193. The molecule has 0 spiro atoms. The molecule has 2 heterocycles. The first kappa shape index (κ1) is 12.4. The van der Waals surface area contributed by atoms with E-state index < -0.39 is 5.82 Å². The van der Waals surface area contributed by atoms with Crippen molar-refractivity contribution in [3.63, 3.8) is 0 Å². The Morgan fingerprint density at radius 3 is 3.00 bits per heavy atom. The number of fused-ring (bicyclic) bond motifs is 1. The van der Waals surface area contributed by atoms with Crippen LogP contribution in [0, 0.1) is 17.1 Å². The van der Waals surface area contributed by atoms with Crippen LogP contribution < -0.4 is 5.32 Å². The Hall–Kier alpha value is -1.60. The van der Waals surface area contributed by atoms with Crippen LogP contribution in [0.15, 0.2) is 18.2 Å². The Morgan fingerprint density at radius 1 is 1.26 bits per heavy atom. The second-order valence-corrected chi connectivity index (χ2v) is 5.41. The van der Waals surface area contributed by atoms with Crippen LogP contribution in [0.3, 0.4) is 0 Å². The van der Waals surface area contributed by atoms with Crippen LogP contribution in [0.1, 0.15) is 31.2 Å². The van der Waals surface area contributed by atoms with Crippen LogP contribution in [0.5, 0.6) is 0 Å². The molecule has 3 nitrogen and oxygen atoms in total. The van der Waals surface area contributed by atoms with Gasteiger partial charge < -0.3 is 5.32 Å². The lowest BCUT2D eigenvalue weighted by atomic mass is 9.98. The molecule has 0 amide bonds. The predicted octanol–water partition coefficient (Wildman–Crippen LogP) is 2.74. The summed E-state index contributed by atoms with van der Waals surface area (Å²) in [5, 5.41) is 12.5. The van der Waals surface area contributed by atoms with E-state index in [0.29, 0.717) is 17.8 Å². The van der Waals surface area contributed by atoms with Crippen LogP contribution in [0.4, 0.5) is 10.1 Å². The fraction of sp³-hybridized carbons (Fsp3) is 0.533. The van der Waals surface area contributed by atoms with Gasteiger partial charge in [-0.3, -0.25) is 4.90 Å². The first-order chi connectivity index (χ1) is 9.29. The number of hydrogen-bond donors (Lipinski definition) is 1. The number of piperidine rings is 1. The van der Waals surface area contributed by atoms with Gasteiger partial charge in [-0.05, 0) is 37.9 Å². The van der Waals surface area contributed by atoms with Gasteiger partial charge in [-0.15, -0.1) is 0 Å². The van der Waals surface area contributed by atoms with Crippen LogP contribution >= 0.6 is 0 Å². The van der Waals surface area contributed by atoms with Gasteiger partial charge in [0.05, 0.1) is 5.69 Å². The summed E-state index contributed by atoms with van der Waals surface area (Å²) < 4.78 is 13.6. The van der Waals surface area contributed by atoms with Gasteiger partial charge in [0.15, 0.2) is 0 Å². The number of halogens is 1. The van der Waals surface area contributed by atoms with Crippen molar-refractivity contribution in [2.75, 3.05) is 18.4 Å². The van der Waals surface area contributed by atoms with Crippen LogP contribution in [0.25, 0.3) is 0 Å². The van der Waals surface area contributed by atoms with E-state index in [1.807, 2.05) is 6.07 Å². The van der Waals surface area contributed by atoms with Crippen molar-refractivity contribution >= 4 is 5.69 Å². The zero-order valence-electron chi connectivity index (χ0n) is 10.9. The highest BCUT2D eigenvalue weighted by atomic mass is 19.1. The Balaban J connectivity index is 1.79. The Labute approximate surface area is 113 Å². The first-order valence-electron chi connectivity index (χ1n) is 6.99. The molecular weight excluding hydrogens is 241 g/mol. The maximum absolute atomic E-state index is 13.6. The number of rotatable bonds is 2. The number of hydrogen-bond acceptors (Lipinski definition) is 3. The van der Waals surface area contributed by atoms with Gasteiger partial charge >= 0.3 is 0 Å². The van der Waals surface area contributed by atoms with E-state index in [4.69, 9.17) is 5.26 Å². The summed E-state index contributed by atoms with van der Waals surface area (Å²) in [4.78, 5) is 2.52. The quantitative estimate of drug-likeness (QED) is 0.887. The number of nitrogens with zero attached hydrogens (tertiary/aromatic N) is 2. The summed E-state index contributed by atoms with van der Waals surface area (Å²) in [6.45, 7) is 2.29. The van der Waals surface area contributed by atoms with Crippen molar-refractivity contribution in [1.29, 1.82) is 5.26 Å². The van der Waals surface area contributed by atoms with Crippen LogP contribution in [0.2, 0.25) is 0 Å². The van der Waals surface area contributed by atoms with E-state index in [1.165, 1.54) is 31.9 Å². The third-order valence-corrected chi connectivity index (χ3v) is 4.32. The molecule has 1 aromatic carbocycles. The average molecular weight is 259 g/mol. The lowest BCUT2D eigenvalue weighted by Crippen LogP contribution is -2.41. The largest absolute Gasteiger partial charge is 0.380 e. The summed E-state index contributed by atoms with van der Waals surface area (Å²) in [7, 11) is 0. The number of nitriles is 1.